The lowest BCUT2D eigenvalue weighted by molar-refractivity contribution is -0.00198. The molecule has 1 aliphatic rings. The van der Waals surface area contributed by atoms with Gasteiger partial charge in [0, 0.05) is 19.6 Å². The highest BCUT2D eigenvalue weighted by atomic mass is 32.2. The minimum atomic E-state index is -3.41. The highest BCUT2D eigenvalue weighted by Gasteiger charge is 2.21. The number of hydrogen-bond donors (Lipinski definition) is 2. The summed E-state index contributed by atoms with van der Waals surface area (Å²) in [7, 11) is -1.87. The number of nitrogens with one attached hydrogen (secondary N) is 1. The van der Waals surface area contributed by atoms with Crippen molar-refractivity contribution in [2.45, 2.75) is 32.5 Å². The fourth-order valence-electron chi connectivity index (χ4n) is 2.11. The van der Waals surface area contributed by atoms with Gasteiger partial charge in [-0.3, -0.25) is 0 Å². The zero-order chi connectivity index (χ0) is 15.9. The van der Waals surface area contributed by atoms with Crippen LogP contribution < -0.4 is 4.72 Å². The fraction of sp³-hybridized carbons (Fsp3) is 0.714. The van der Waals surface area contributed by atoms with Crippen LogP contribution in [0.2, 0.25) is 0 Å². The molecule has 2 N–H and O–H groups in total. The fourth-order valence-corrected chi connectivity index (χ4v) is 2.92. The Hall–Kier alpha value is -0.730. The van der Waals surface area contributed by atoms with E-state index < -0.39 is 22.2 Å². The van der Waals surface area contributed by atoms with Gasteiger partial charge in [-0.05, 0) is 13.3 Å². The summed E-state index contributed by atoms with van der Waals surface area (Å²) in [6, 6.07) is 0. The molecule has 1 heterocycles. The predicted octanol–water partition coefficient (Wildman–Crippen LogP) is 0.798. The van der Waals surface area contributed by atoms with Gasteiger partial charge in [-0.1, -0.05) is 30.7 Å². The molecule has 0 aromatic rings. The summed E-state index contributed by atoms with van der Waals surface area (Å²) in [5, 5.41) is 10.3. The van der Waals surface area contributed by atoms with E-state index in [1.165, 1.54) is 7.11 Å². The van der Waals surface area contributed by atoms with Crippen molar-refractivity contribution < 1.29 is 23.0 Å². The van der Waals surface area contributed by atoms with Crippen LogP contribution in [0.3, 0.4) is 0 Å². The third-order valence-electron chi connectivity index (χ3n) is 3.22. The number of hydrogen-bond acceptors (Lipinski definition) is 5. The molecule has 0 aromatic carbocycles. The van der Waals surface area contributed by atoms with Crippen LogP contribution in [0.1, 0.15) is 20.3 Å². The Balaban J connectivity index is 2.86. The first kappa shape index (κ1) is 18.3. The standard InChI is InChI=1S/C14H25NO5S/c1-11-8-12(2)14(16)13(19-3)6-4-5-7-15-21(17,18)10-20-9-11/h4,6,8,12-16H,5,7,9-10H2,1-3H3. The van der Waals surface area contributed by atoms with Crippen molar-refractivity contribution >= 4 is 10.0 Å². The summed E-state index contributed by atoms with van der Waals surface area (Å²) in [6.07, 6.45) is 4.87. The van der Waals surface area contributed by atoms with Gasteiger partial charge in [-0.15, -0.1) is 0 Å². The van der Waals surface area contributed by atoms with Crippen LogP contribution in [-0.2, 0) is 19.5 Å². The van der Waals surface area contributed by atoms with Crippen molar-refractivity contribution in [3.05, 3.63) is 23.8 Å². The van der Waals surface area contributed by atoms with Gasteiger partial charge in [0.25, 0.3) is 0 Å². The molecular weight excluding hydrogens is 294 g/mol. The lowest BCUT2D eigenvalue weighted by Crippen LogP contribution is -2.32. The van der Waals surface area contributed by atoms with Crippen molar-refractivity contribution in [2.24, 2.45) is 5.92 Å². The molecular formula is C14H25NO5S. The quantitative estimate of drug-likeness (QED) is 0.698. The highest BCUT2D eigenvalue weighted by molar-refractivity contribution is 7.89. The molecule has 1 rings (SSSR count). The number of aliphatic hydroxyl groups is 1. The average molecular weight is 319 g/mol. The first-order valence-corrected chi connectivity index (χ1v) is 8.61. The number of rotatable bonds is 1. The van der Waals surface area contributed by atoms with Gasteiger partial charge in [0.15, 0.2) is 5.94 Å². The second kappa shape index (κ2) is 8.65. The summed E-state index contributed by atoms with van der Waals surface area (Å²) >= 11 is 0. The highest BCUT2D eigenvalue weighted by Crippen LogP contribution is 2.15. The van der Waals surface area contributed by atoms with Crippen LogP contribution in [-0.4, -0.2) is 51.9 Å². The molecule has 21 heavy (non-hydrogen) atoms. The molecule has 0 spiro atoms. The second-order valence-corrected chi connectivity index (χ2v) is 7.01. The molecule has 0 aliphatic carbocycles. The minimum absolute atomic E-state index is 0.124. The molecule has 122 valence electrons. The predicted molar refractivity (Wildman–Crippen MR) is 81.2 cm³/mol. The van der Waals surface area contributed by atoms with Crippen LogP contribution in [0.25, 0.3) is 0 Å². The summed E-state index contributed by atoms with van der Waals surface area (Å²) in [6.45, 7) is 4.23. The lowest BCUT2D eigenvalue weighted by atomic mass is 9.97. The Morgan fingerprint density at radius 3 is 2.86 bits per heavy atom. The molecule has 6 nitrogen and oxygen atoms in total. The number of sulfonamides is 1. The molecule has 3 unspecified atom stereocenters. The van der Waals surface area contributed by atoms with E-state index in [-0.39, 0.29) is 18.5 Å². The molecule has 1 aliphatic heterocycles. The monoisotopic (exact) mass is 319 g/mol. The Morgan fingerprint density at radius 1 is 1.48 bits per heavy atom. The van der Waals surface area contributed by atoms with E-state index in [0.29, 0.717) is 13.0 Å². The second-order valence-electron chi connectivity index (χ2n) is 5.26. The average Bonchev–Trinajstić information content (AvgIpc) is 2.40. The van der Waals surface area contributed by atoms with E-state index in [0.717, 1.165) is 5.57 Å². The summed E-state index contributed by atoms with van der Waals surface area (Å²) < 4.78 is 36.2. The van der Waals surface area contributed by atoms with Crippen molar-refractivity contribution in [3.63, 3.8) is 0 Å². The Morgan fingerprint density at radius 2 is 2.19 bits per heavy atom. The van der Waals surface area contributed by atoms with E-state index >= 15 is 0 Å². The minimum Gasteiger partial charge on any atom is -0.389 e. The van der Waals surface area contributed by atoms with E-state index in [2.05, 4.69) is 4.72 Å². The van der Waals surface area contributed by atoms with Crippen LogP contribution >= 0.6 is 0 Å². The maximum absolute atomic E-state index is 11.6. The Labute approximate surface area is 126 Å². The molecule has 0 saturated heterocycles. The number of ether oxygens (including phenoxy) is 2. The maximum Gasteiger partial charge on any atom is 0.235 e. The number of methoxy groups -OCH3 is 1. The van der Waals surface area contributed by atoms with Gasteiger partial charge in [0.1, 0.15) is 6.10 Å². The van der Waals surface area contributed by atoms with Gasteiger partial charge < -0.3 is 14.6 Å². The van der Waals surface area contributed by atoms with Crippen LogP contribution in [0.5, 0.6) is 0 Å². The molecule has 0 saturated carbocycles. The van der Waals surface area contributed by atoms with E-state index in [1.54, 1.807) is 12.2 Å². The Bertz CT molecular complexity index is 472. The SMILES string of the molecule is COC1C=CCCNS(=O)(=O)COCC(C)=CC(C)C1O. The van der Waals surface area contributed by atoms with Crippen molar-refractivity contribution in [1.29, 1.82) is 0 Å². The number of aliphatic hydroxyl groups excluding tert-OH is 1. The third kappa shape index (κ3) is 6.71. The smallest absolute Gasteiger partial charge is 0.235 e. The maximum atomic E-state index is 11.6. The summed E-state index contributed by atoms with van der Waals surface area (Å²) in [4.78, 5) is 0. The largest absolute Gasteiger partial charge is 0.389 e. The molecule has 0 fully saturated rings. The van der Waals surface area contributed by atoms with Gasteiger partial charge >= 0.3 is 0 Å². The summed E-state index contributed by atoms with van der Waals surface area (Å²) in [5.41, 5.74) is 0.868. The normalized spacial score (nSPS) is 32.2. The zero-order valence-corrected chi connectivity index (χ0v) is 13.6. The van der Waals surface area contributed by atoms with E-state index in [9.17, 15) is 13.5 Å². The van der Waals surface area contributed by atoms with Crippen molar-refractivity contribution in [2.75, 3.05) is 26.2 Å². The lowest BCUT2D eigenvalue weighted by Gasteiger charge is -2.23. The molecule has 0 bridgehead atoms. The van der Waals surface area contributed by atoms with E-state index in [1.807, 2.05) is 19.9 Å². The molecule has 3 atom stereocenters. The third-order valence-corrected chi connectivity index (χ3v) is 4.34. The molecule has 0 radical (unpaired) electrons. The molecule has 7 heteroatoms. The van der Waals surface area contributed by atoms with Crippen LogP contribution in [0, 0.1) is 5.92 Å². The van der Waals surface area contributed by atoms with E-state index in [4.69, 9.17) is 9.47 Å². The Kier molecular flexibility index (Phi) is 7.55. The van der Waals surface area contributed by atoms with Gasteiger partial charge in [0.2, 0.25) is 10.0 Å². The molecule has 0 aromatic heterocycles. The molecule has 0 amide bonds. The summed E-state index contributed by atoms with van der Waals surface area (Å²) in [5.74, 6) is -0.486. The van der Waals surface area contributed by atoms with Gasteiger partial charge in [-0.2, -0.15) is 0 Å². The first-order valence-electron chi connectivity index (χ1n) is 6.95. The van der Waals surface area contributed by atoms with Gasteiger partial charge in [0.05, 0.1) is 12.7 Å². The zero-order valence-electron chi connectivity index (χ0n) is 12.8. The van der Waals surface area contributed by atoms with Crippen molar-refractivity contribution in [3.8, 4) is 0 Å². The van der Waals surface area contributed by atoms with Crippen LogP contribution in [0.4, 0.5) is 0 Å². The first-order chi connectivity index (χ1) is 9.85. The van der Waals surface area contributed by atoms with Gasteiger partial charge in [-0.25, -0.2) is 13.1 Å². The van der Waals surface area contributed by atoms with Crippen molar-refractivity contribution in [1.82, 2.24) is 4.72 Å². The topological polar surface area (TPSA) is 84.9 Å². The van der Waals surface area contributed by atoms with Crippen LogP contribution in [0.15, 0.2) is 23.8 Å².